The number of nitrogens with zero attached hydrogens (tertiary/aromatic N) is 1. The van der Waals surface area contributed by atoms with Crippen LogP contribution in [0.15, 0.2) is 36.4 Å². The van der Waals surface area contributed by atoms with E-state index >= 15 is 0 Å². The molecular weight excluding hydrogens is 323 g/mol. The van der Waals surface area contributed by atoms with Crippen molar-refractivity contribution in [1.82, 2.24) is 4.57 Å². The lowest BCUT2D eigenvalue weighted by Crippen LogP contribution is -2.13. The monoisotopic (exact) mass is 339 g/mol. The van der Waals surface area contributed by atoms with E-state index in [9.17, 15) is 22.8 Å². The molecule has 1 aromatic heterocycles. The average Bonchev–Trinajstić information content (AvgIpc) is 2.87. The molecule has 1 aromatic carbocycles. The van der Waals surface area contributed by atoms with E-state index in [1.165, 1.54) is 10.6 Å². The summed E-state index contributed by atoms with van der Waals surface area (Å²) in [5.41, 5.74) is 0.207. The van der Waals surface area contributed by atoms with Gasteiger partial charge in [-0.1, -0.05) is 12.1 Å². The molecule has 4 nitrogen and oxygen atoms in total. The number of ether oxygens (including phenoxy) is 1. The lowest BCUT2D eigenvalue weighted by atomic mass is 10.1. The van der Waals surface area contributed by atoms with Crippen molar-refractivity contribution in [3.8, 4) is 0 Å². The van der Waals surface area contributed by atoms with Gasteiger partial charge >= 0.3 is 12.1 Å². The fraction of sp³-hybridized carbons (Fsp3) is 0.294. The number of hydrogen-bond acceptors (Lipinski definition) is 3. The molecule has 0 unspecified atom stereocenters. The summed E-state index contributed by atoms with van der Waals surface area (Å²) >= 11 is 0. The number of rotatable bonds is 5. The third kappa shape index (κ3) is 3.84. The number of alkyl halides is 3. The second-order valence-corrected chi connectivity index (χ2v) is 5.15. The first-order chi connectivity index (χ1) is 11.2. The van der Waals surface area contributed by atoms with Crippen LogP contribution in [0.3, 0.4) is 0 Å². The van der Waals surface area contributed by atoms with Crippen LogP contribution in [0.2, 0.25) is 0 Å². The Kier molecular flexibility index (Phi) is 5.11. The van der Waals surface area contributed by atoms with E-state index in [1.807, 2.05) is 0 Å². The van der Waals surface area contributed by atoms with Crippen LogP contribution in [0.5, 0.6) is 0 Å². The number of ketones is 1. The highest BCUT2D eigenvalue weighted by molar-refractivity contribution is 6.08. The van der Waals surface area contributed by atoms with Crippen molar-refractivity contribution in [3.05, 3.63) is 58.9 Å². The van der Waals surface area contributed by atoms with E-state index in [-0.39, 0.29) is 24.3 Å². The molecule has 0 bridgehead atoms. The maximum atomic E-state index is 12.6. The molecule has 2 aromatic rings. The van der Waals surface area contributed by atoms with Crippen molar-refractivity contribution < 1.29 is 27.5 Å². The molecular formula is C17H16F3NO3. The quantitative estimate of drug-likeness (QED) is 0.620. The van der Waals surface area contributed by atoms with Crippen molar-refractivity contribution >= 4 is 11.8 Å². The van der Waals surface area contributed by atoms with Crippen LogP contribution in [0.25, 0.3) is 0 Å². The van der Waals surface area contributed by atoms with Crippen molar-refractivity contribution in [3.63, 3.8) is 0 Å². The number of carbonyl (C=O) groups is 2. The standard InChI is InChI=1S/C17H16F3NO3/c1-3-24-15(22)10-13-8-9-14(21(13)2)16(23)11-4-6-12(7-5-11)17(18,19)20/h4-9H,3,10H2,1-2H3. The molecule has 24 heavy (non-hydrogen) atoms. The van der Waals surface area contributed by atoms with E-state index in [4.69, 9.17) is 4.74 Å². The van der Waals surface area contributed by atoms with Gasteiger partial charge in [0.1, 0.15) is 0 Å². The number of esters is 1. The minimum atomic E-state index is -4.45. The molecule has 0 amide bonds. The van der Waals surface area contributed by atoms with E-state index in [2.05, 4.69) is 0 Å². The van der Waals surface area contributed by atoms with Gasteiger partial charge in [0, 0.05) is 18.3 Å². The van der Waals surface area contributed by atoms with Crippen LogP contribution in [0.4, 0.5) is 13.2 Å². The van der Waals surface area contributed by atoms with Gasteiger partial charge in [-0.15, -0.1) is 0 Å². The van der Waals surface area contributed by atoms with Gasteiger partial charge in [0.15, 0.2) is 0 Å². The van der Waals surface area contributed by atoms with Crippen molar-refractivity contribution in [1.29, 1.82) is 0 Å². The van der Waals surface area contributed by atoms with Gasteiger partial charge in [0.2, 0.25) is 5.78 Å². The largest absolute Gasteiger partial charge is 0.466 e. The zero-order valence-corrected chi connectivity index (χ0v) is 13.2. The zero-order chi connectivity index (χ0) is 17.9. The second-order valence-electron chi connectivity index (χ2n) is 5.15. The predicted octanol–water partition coefficient (Wildman–Crippen LogP) is 3.38. The molecule has 128 valence electrons. The molecule has 0 radical (unpaired) electrons. The summed E-state index contributed by atoms with van der Waals surface area (Å²) in [5, 5.41) is 0. The maximum absolute atomic E-state index is 12.6. The Morgan fingerprint density at radius 3 is 2.25 bits per heavy atom. The van der Waals surface area contributed by atoms with Crippen molar-refractivity contribution in [2.75, 3.05) is 6.61 Å². The van der Waals surface area contributed by atoms with E-state index in [0.29, 0.717) is 5.69 Å². The van der Waals surface area contributed by atoms with Gasteiger partial charge in [0.25, 0.3) is 0 Å². The Bertz CT molecular complexity index is 745. The topological polar surface area (TPSA) is 48.3 Å². The highest BCUT2D eigenvalue weighted by Gasteiger charge is 2.30. The number of carbonyl (C=O) groups excluding carboxylic acids is 2. The van der Waals surface area contributed by atoms with Gasteiger partial charge < -0.3 is 9.30 Å². The lowest BCUT2D eigenvalue weighted by Gasteiger charge is -2.09. The summed E-state index contributed by atoms with van der Waals surface area (Å²) in [4.78, 5) is 24.0. The highest BCUT2D eigenvalue weighted by atomic mass is 19.4. The molecule has 0 aliphatic carbocycles. The highest BCUT2D eigenvalue weighted by Crippen LogP contribution is 2.29. The number of benzene rings is 1. The van der Waals surface area contributed by atoms with Gasteiger partial charge in [-0.3, -0.25) is 9.59 Å². The third-order valence-electron chi connectivity index (χ3n) is 3.56. The first-order valence-corrected chi connectivity index (χ1v) is 7.26. The Morgan fingerprint density at radius 1 is 1.08 bits per heavy atom. The van der Waals surface area contributed by atoms with Crippen LogP contribution in [-0.4, -0.2) is 22.9 Å². The smallest absolute Gasteiger partial charge is 0.416 e. The molecule has 0 spiro atoms. The SMILES string of the molecule is CCOC(=O)Cc1ccc(C(=O)c2ccc(C(F)(F)F)cc2)n1C. The second kappa shape index (κ2) is 6.90. The lowest BCUT2D eigenvalue weighted by molar-refractivity contribution is -0.142. The summed E-state index contributed by atoms with van der Waals surface area (Å²) in [7, 11) is 1.62. The van der Waals surface area contributed by atoms with E-state index < -0.39 is 23.5 Å². The van der Waals surface area contributed by atoms with Crippen LogP contribution in [0, 0.1) is 0 Å². The number of aromatic nitrogens is 1. The number of hydrogen-bond donors (Lipinski definition) is 0. The molecule has 0 N–H and O–H groups in total. The summed E-state index contributed by atoms with van der Waals surface area (Å²) in [5.74, 6) is -0.825. The van der Waals surface area contributed by atoms with E-state index in [1.54, 1.807) is 20.0 Å². The predicted molar refractivity (Wildman–Crippen MR) is 80.6 cm³/mol. The van der Waals surface area contributed by atoms with Crippen molar-refractivity contribution in [2.45, 2.75) is 19.5 Å². The van der Waals surface area contributed by atoms with Crippen LogP contribution in [0.1, 0.15) is 34.2 Å². The van der Waals surface area contributed by atoms with Crippen LogP contribution in [-0.2, 0) is 29.2 Å². The molecule has 0 saturated heterocycles. The first-order valence-electron chi connectivity index (χ1n) is 7.26. The van der Waals surface area contributed by atoms with Gasteiger partial charge in [-0.25, -0.2) is 0 Å². The van der Waals surface area contributed by atoms with Crippen molar-refractivity contribution in [2.24, 2.45) is 7.05 Å². The molecule has 7 heteroatoms. The average molecular weight is 339 g/mol. The molecule has 0 fully saturated rings. The Balaban J connectivity index is 2.21. The Hall–Kier alpha value is -2.57. The molecule has 2 rings (SSSR count). The Morgan fingerprint density at radius 2 is 1.71 bits per heavy atom. The summed E-state index contributed by atoms with van der Waals surface area (Å²) in [6.07, 6.45) is -4.43. The summed E-state index contributed by atoms with van der Waals surface area (Å²) in [6, 6.07) is 7.18. The Labute approximate surface area is 136 Å². The zero-order valence-electron chi connectivity index (χ0n) is 13.2. The normalized spacial score (nSPS) is 11.4. The molecule has 0 aliphatic rings. The van der Waals surface area contributed by atoms with Gasteiger partial charge in [-0.2, -0.15) is 13.2 Å². The minimum Gasteiger partial charge on any atom is -0.466 e. The molecule has 0 aliphatic heterocycles. The molecule has 0 atom stereocenters. The summed E-state index contributed by atoms with van der Waals surface area (Å²) in [6.45, 7) is 1.96. The third-order valence-corrected chi connectivity index (χ3v) is 3.56. The summed E-state index contributed by atoms with van der Waals surface area (Å²) < 4.78 is 44.1. The molecule has 0 saturated carbocycles. The van der Waals surface area contributed by atoms with Crippen LogP contribution >= 0.6 is 0 Å². The van der Waals surface area contributed by atoms with E-state index in [0.717, 1.165) is 24.3 Å². The number of halogens is 3. The van der Waals surface area contributed by atoms with Gasteiger partial charge in [0.05, 0.1) is 24.3 Å². The maximum Gasteiger partial charge on any atom is 0.416 e. The first kappa shape index (κ1) is 17.8. The van der Waals surface area contributed by atoms with Crippen LogP contribution < -0.4 is 0 Å². The fourth-order valence-electron chi connectivity index (χ4n) is 2.28. The molecule has 1 heterocycles. The minimum absolute atomic E-state index is 0.0185. The van der Waals surface area contributed by atoms with Gasteiger partial charge in [-0.05, 0) is 31.2 Å². The fourth-order valence-corrected chi connectivity index (χ4v) is 2.28.